The van der Waals surface area contributed by atoms with Gasteiger partial charge in [-0.1, -0.05) is 24.3 Å². The van der Waals surface area contributed by atoms with E-state index in [1.54, 1.807) is 16.2 Å². The van der Waals surface area contributed by atoms with Gasteiger partial charge in [0.1, 0.15) is 0 Å². The summed E-state index contributed by atoms with van der Waals surface area (Å²) in [6.07, 6.45) is 0. The molecule has 2 heterocycles. The van der Waals surface area contributed by atoms with Crippen LogP contribution in [0, 0.1) is 0 Å². The van der Waals surface area contributed by atoms with Crippen molar-refractivity contribution < 1.29 is 4.79 Å². The number of carbonyl (C=O) groups is 1. The molecule has 4 nitrogen and oxygen atoms in total. The lowest BCUT2D eigenvalue weighted by atomic mass is 10.1. The van der Waals surface area contributed by atoms with Crippen LogP contribution < -0.4 is 0 Å². The molecule has 20 heavy (non-hydrogen) atoms. The number of hydrogen-bond acceptors (Lipinski definition) is 3. The standard InChI is InChI=1S/C15H15N3OS/c1-10(13-8-5-9-20-13)18(2)15(19)14-11-6-3-4-7-12(11)16-17-14/h3-10H,1-2H3,(H,16,17)/t10-/m1/s1. The summed E-state index contributed by atoms with van der Waals surface area (Å²) in [5.74, 6) is -0.0663. The molecule has 0 aliphatic heterocycles. The van der Waals surface area contributed by atoms with Crippen LogP contribution in [0.15, 0.2) is 41.8 Å². The van der Waals surface area contributed by atoms with Gasteiger partial charge in [0.05, 0.1) is 11.6 Å². The van der Waals surface area contributed by atoms with Gasteiger partial charge in [0.2, 0.25) is 0 Å². The highest BCUT2D eigenvalue weighted by atomic mass is 32.1. The average molecular weight is 285 g/mol. The Morgan fingerprint density at radius 3 is 2.85 bits per heavy atom. The molecule has 2 aromatic heterocycles. The van der Waals surface area contributed by atoms with Gasteiger partial charge >= 0.3 is 0 Å². The van der Waals surface area contributed by atoms with Gasteiger partial charge in [0.25, 0.3) is 5.91 Å². The van der Waals surface area contributed by atoms with E-state index in [-0.39, 0.29) is 11.9 Å². The molecule has 0 saturated carbocycles. The van der Waals surface area contributed by atoms with Gasteiger partial charge in [-0.05, 0) is 24.4 Å². The van der Waals surface area contributed by atoms with Crippen LogP contribution in [0.2, 0.25) is 0 Å². The average Bonchev–Trinajstić information content (AvgIpc) is 3.14. The first-order chi connectivity index (χ1) is 9.68. The summed E-state index contributed by atoms with van der Waals surface area (Å²) in [6, 6.07) is 11.8. The number of H-pyrrole nitrogens is 1. The summed E-state index contributed by atoms with van der Waals surface area (Å²) in [4.78, 5) is 15.5. The molecule has 0 radical (unpaired) electrons. The number of carbonyl (C=O) groups excluding carboxylic acids is 1. The minimum Gasteiger partial charge on any atom is -0.333 e. The number of para-hydroxylation sites is 1. The number of aromatic amines is 1. The van der Waals surface area contributed by atoms with Gasteiger partial charge in [0.15, 0.2) is 5.69 Å². The molecular weight excluding hydrogens is 270 g/mol. The van der Waals surface area contributed by atoms with E-state index in [1.807, 2.05) is 55.7 Å². The minimum absolute atomic E-state index is 0.0398. The molecular formula is C15H15N3OS. The second-order valence-corrected chi connectivity index (χ2v) is 5.70. The Morgan fingerprint density at radius 2 is 2.10 bits per heavy atom. The van der Waals surface area contributed by atoms with Crippen LogP contribution in [0.4, 0.5) is 0 Å². The van der Waals surface area contributed by atoms with Gasteiger partial charge in [-0.2, -0.15) is 5.10 Å². The number of nitrogens with one attached hydrogen (secondary N) is 1. The molecule has 3 aromatic rings. The van der Waals surface area contributed by atoms with Gasteiger partial charge < -0.3 is 4.90 Å². The Bertz CT molecular complexity index is 733. The first-order valence-corrected chi connectivity index (χ1v) is 7.30. The summed E-state index contributed by atoms with van der Waals surface area (Å²) in [5.41, 5.74) is 1.36. The number of nitrogens with zero attached hydrogens (tertiary/aromatic N) is 2. The number of thiophene rings is 1. The van der Waals surface area contributed by atoms with Crippen LogP contribution in [0.1, 0.15) is 28.3 Å². The van der Waals surface area contributed by atoms with Crippen molar-refractivity contribution in [2.45, 2.75) is 13.0 Å². The van der Waals surface area contributed by atoms with E-state index in [0.29, 0.717) is 5.69 Å². The molecule has 0 saturated heterocycles. The van der Waals surface area contributed by atoms with Crippen LogP contribution in [0.25, 0.3) is 10.9 Å². The number of rotatable bonds is 3. The summed E-state index contributed by atoms with van der Waals surface area (Å²) < 4.78 is 0. The van der Waals surface area contributed by atoms with Crippen molar-refractivity contribution in [1.29, 1.82) is 0 Å². The molecule has 5 heteroatoms. The van der Waals surface area contributed by atoms with Crippen molar-refractivity contribution in [2.75, 3.05) is 7.05 Å². The first-order valence-electron chi connectivity index (χ1n) is 6.42. The lowest BCUT2D eigenvalue weighted by Crippen LogP contribution is -2.29. The van der Waals surface area contributed by atoms with Crippen LogP contribution in [-0.2, 0) is 0 Å². The Morgan fingerprint density at radius 1 is 1.30 bits per heavy atom. The smallest absolute Gasteiger partial charge is 0.275 e. The summed E-state index contributed by atoms with van der Waals surface area (Å²) in [6.45, 7) is 2.03. The normalized spacial score (nSPS) is 12.5. The molecule has 1 aromatic carbocycles. The van der Waals surface area contributed by atoms with Crippen molar-refractivity contribution in [3.05, 3.63) is 52.3 Å². The molecule has 0 spiro atoms. The second-order valence-electron chi connectivity index (χ2n) is 4.73. The van der Waals surface area contributed by atoms with Crippen molar-refractivity contribution in [3.8, 4) is 0 Å². The number of fused-ring (bicyclic) bond motifs is 1. The minimum atomic E-state index is -0.0663. The third kappa shape index (κ3) is 2.10. The quantitative estimate of drug-likeness (QED) is 0.801. The Kier molecular flexibility index (Phi) is 3.28. The highest BCUT2D eigenvalue weighted by Crippen LogP contribution is 2.26. The van der Waals surface area contributed by atoms with Gasteiger partial charge in [-0.15, -0.1) is 11.3 Å². The maximum absolute atomic E-state index is 12.6. The van der Waals surface area contributed by atoms with E-state index in [4.69, 9.17) is 0 Å². The largest absolute Gasteiger partial charge is 0.333 e. The van der Waals surface area contributed by atoms with Crippen molar-refractivity contribution >= 4 is 28.1 Å². The van der Waals surface area contributed by atoms with Crippen molar-refractivity contribution in [2.24, 2.45) is 0 Å². The molecule has 3 rings (SSSR count). The molecule has 1 amide bonds. The van der Waals surface area contributed by atoms with E-state index >= 15 is 0 Å². The Labute approximate surface area is 121 Å². The molecule has 0 bridgehead atoms. The third-order valence-electron chi connectivity index (χ3n) is 3.53. The van der Waals surface area contributed by atoms with Gasteiger partial charge in [-0.3, -0.25) is 9.89 Å². The monoisotopic (exact) mass is 285 g/mol. The number of amides is 1. The number of benzene rings is 1. The molecule has 0 unspecified atom stereocenters. The molecule has 0 aliphatic carbocycles. The van der Waals surface area contributed by atoms with Crippen LogP contribution in [0.5, 0.6) is 0 Å². The predicted octanol–water partition coefficient (Wildman–Crippen LogP) is 3.46. The SMILES string of the molecule is C[C@H](c1cccs1)N(C)C(=O)c1n[nH]c2ccccc12. The summed E-state index contributed by atoms with van der Waals surface area (Å²) in [7, 11) is 1.82. The number of hydrogen-bond donors (Lipinski definition) is 1. The van der Waals surface area contributed by atoms with E-state index in [9.17, 15) is 4.79 Å². The topological polar surface area (TPSA) is 49.0 Å². The van der Waals surface area contributed by atoms with E-state index in [0.717, 1.165) is 10.9 Å². The lowest BCUT2D eigenvalue weighted by Gasteiger charge is -2.23. The van der Waals surface area contributed by atoms with Crippen LogP contribution in [-0.4, -0.2) is 28.1 Å². The molecule has 0 fully saturated rings. The predicted molar refractivity (Wildman–Crippen MR) is 80.9 cm³/mol. The summed E-state index contributed by atoms with van der Waals surface area (Å²) >= 11 is 1.66. The molecule has 1 N–H and O–H groups in total. The summed E-state index contributed by atoms with van der Waals surface area (Å²) in [5, 5.41) is 9.96. The fourth-order valence-electron chi connectivity index (χ4n) is 2.19. The fraction of sp³-hybridized carbons (Fsp3) is 0.200. The van der Waals surface area contributed by atoms with Crippen molar-refractivity contribution in [1.82, 2.24) is 15.1 Å². The highest BCUT2D eigenvalue weighted by molar-refractivity contribution is 7.10. The molecule has 0 aliphatic rings. The van der Waals surface area contributed by atoms with E-state index < -0.39 is 0 Å². The van der Waals surface area contributed by atoms with Crippen LogP contribution >= 0.6 is 11.3 Å². The first kappa shape index (κ1) is 12.9. The Balaban J connectivity index is 1.92. The second kappa shape index (κ2) is 5.09. The van der Waals surface area contributed by atoms with E-state index in [1.165, 1.54) is 4.88 Å². The maximum Gasteiger partial charge on any atom is 0.275 e. The zero-order valence-corrected chi connectivity index (χ0v) is 12.1. The highest BCUT2D eigenvalue weighted by Gasteiger charge is 2.23. The fourth-order valence-corrected chi connectivity index (χ4v) is 3.02. The zero-order chi connectivity index (χ0) is 14.1. The van der Waals surface area contributed by atoms with E-state index in [2.05, 4.69) is 10.2 Å². The van der Waals surface area contributed by atoms with Gasteiger partial charge in [0, 0.05) is 17.3 Å². The Hall–Kier alpha value is -2.14. The molecule has 102 valence electrons. The van der Waals surface area contributed by atoms with Gasteiger partial charge in [-0.25, -0.2) is 0 Å². The zero-order valence-electron chi connectivity index (χ0n) is 11.3. The maximum atomic E-state index is 12.6. The van der Waals surface area contributed by atoms with Crippen LogP contribution in [0.3, 0.4) is 0 Å². The third-order valence-corrected chi connectivity index (χ3v) is 4.57. The lowest BCUT2D eigenvalue weighted by molar-refractivity contribution is 0.0741. The van der Waals surface area contributed by atoms with Crippen molar-refractivity contribution in [3.63, 3.8) is 0 Å². The number of aromatic nitrogens is 2. The molecule has 1 atom stereocenters.